The van der Waals surface area contributed by atoms with Crippen LogP contribution in [0.3, 0.4) is 0 Å². The minimum absolute atomic E-state index is 0.317. The van der Waals surface area contributed by atoms with E-state index < -0.39 is 23.3 Å². The summed E-state index contributed by atoms with van der Waals surface area (Å²) in [7, 11) is 2.70. The lowest BCUT2D eigenvalue weighted by atomic mass is 9.96. The van der Waals surface area contributed by atoms with Gasteiger partial charge in [0.05, 0.1) is 0 Å². The SMILES string of the molecule is CNC(=O)C(C)(C(=O)NO)N(C)C(=O)c1ccc(-c2ccc(CNC3CC3)cc2)cc1. The summed E-state index contributed by atoms with van der Waals surface area (Å²) in [6.07, 6.45) is 2.51. The molecule has 1 saturated carbocycles. The molecule has 0 bridgehead atoms. The molecule has 0 heterocycles. The summed E-state index contributed by atoms with van der Waals surface area (Å²) in [5.74, 6) is -2.25. The van der Waals surface area contributed by atoms with E-state index in [4.69, 9.17) is 5.21 Å². The molecule has 8 heteroatoms. The molecule has 1 aliphatic carbocycles. The maximum Gasteiger partial charge on any atom is 0.278 e. The molecule has 2 aromatic rings. The van der Waals surface area contributed by atoms with Gasteiger partial charge in [0, 0.05) is 32.2 Å². The molecule has 0 spiro atoms. The summed E-state index contributed by atoms with van der Waals surface area (Å²) < 4.78 is 0. The van der Waals surface area contributed by atoms with E-state index >= 15 is 0 Å². The zero-order valence-corrected chi connectivity index (χ0v) is 17.9. The van der Waals surface area contributed by atoms with E-state index in [2.05, 4.69) is 22.8 Å². The van der Waals surface area contributed by atoms with Gasteiger partial charge in [0.25, 0.3) is 17.7 Å². The summed E-state index contributed by atoms with van der Waals surface area (Å²) in [6.45, 7) is 2.12. The van der Waals surface area contributed by atoms with Crippen molar-refractivity contribution < 1.29 is 19.6 Å². The smallest absolute Gasteiger partial charge is 0.278 e. The summed E-state index contributed by atoms with van der Waals surface area (Å²) in [4.78, 5) is 38.4. The van der Waals surface area contributed by atoms with Crippen molar-refractivity contribution in [2.45, 2.75) is 37.9 Å². The lowest BCUT2D eigenvalue weighted by Crippen LogP contribution is -2.64. The van der Waals surface area contributed by atoms with Crippen LogP contribution in [0.5, 0.6) is 0 Å². The van der Waals surface area contributed by atoms with Gasteiger partial charge < -0.3 is 15.5 Å². The number of carbonyl (C=O) groups excluding carboxylic acids is 3. The van der Waals surface area contributed by atoms with Crippen LogP contribution in [0.1, 0.15) is 35.7 Å². The summed E-state index contributed by atoms with van der Waals surface area (Å²) in [6, 6.07) is 15.9. The number of benzene rings is 2. The molecule has 1 atom stereocenters. The molecule has 3 amide bonds. The molecule has 0 saturated heterocycles. The van der Waals surface area contributed by atoms with Crippen molar-refractivity contribution in [2.24, 2.45) is 0 Å². The van der Waals surface area contributed by atoms with Crippen LogP contribution in [-0.2, 0) is 16.1 Å². The number of hydrogen-bond acceptors (Lipinski definition) is 5. The van der Waals surface area contributed by atoms with Gasteiger partial charge in [-0.15, -0.1) is 0 Å². The monoisotopic (exact) mass is 424 g/mol. The highest BCUT2D eigenvalue weighted by molar-refractivity contribution is 6.12. The number of nitrogens with zero attached hydrogens (tertiary/aromatic N) is 1. The fourth-order valence-corrected chi connectivity index (χ4v) is 3.33. The second-order valence-electron chi connectivity index (χ2n) is 7.89. The summed E-state index contributed by atoms with van der Waals surface area (Å²) in [5.41, 5.74) is 3.06. The third-order valence-electron chi connectivity index (χ3n) is 5.78. The van der Waals surface area contributed by atoms with Crippen LogP contribution in [0.25, 0.3) is 11.1 Å². The van der Waals surface area contributed by atoms with Crippen molar-refractivity contribution >= 4 is 17.7 Å². The van der Waals surface area contributed by atoms with Crippen LogP contribution >= 0.6 is 0 Å². The van der Waals surface area contributed by atoms with Gasteiger partial charge in [0.1, 0.15) is 0 Å². The molecule has 1 unspecified atom stereocenters. The van der Waals surface area contributed by atoms with E-state index in [1.807, 2.05) is 24.3 Å². The van der Waals surface area contributed by atoms with Crippen molar-refractivity contribution in [3.8, 4) is 11.1 Å². The Morgan fingerprint density at radius 1 is 1.00 bits per heavy atom. The first-order valence-corrected chi connectivity index (χ1v) is 10.2. The number of hydroxylamine groups is 1. The van der Waals surface area contributed by atoms with Crippen molar-refractivity contribution in [3.63, 3.8) is 0 Å². The highest BCUT2D eigenvalue weighted by Crippen LogP contribution is 2.24. The van der Waals surface area contributed by atoms with Crippen molar-refractivity contribution in [2.75, 3.05) is 14.1 Å². The van der Waals surface area contributed by atoms with Gasteiger partial charge in [-0.3, -0.25) is 19.6 Å². The predicted octanol–water partition coefficient (Wildman–Crippen LogP) is 1.69. The molecule has 164 valence electrons. The molecular formula is C23H28N4O4. The van der Waals surface area contributed by atoms with E-state index in [1.165, 1.54) is 44.9 Å². The second kappa shape index (κ2) is 9.28. The molecule has 8 nitrogen and oxygen atoms in total. The molecule has 4 N–H and O–H groups in total. The number of amides is 3. The quantitative estimate of drug-likeness (QED) is 0.293. The molecule has 3 rings (SSSR count). The molecule has 0 radical (unpaired) electrons. The van der Waals surface area contributed by atoms with E-state index in [9.17, 15) is 14.4 Å². The van der Waals surface area contributed by atoms with Gasteiger partial charge in [-0.1, -0.05) is 36.4 Å². The lowest BCUT2D eigenvalue weighted by molar-refractivity contribution is -0.148. The van der Waals surface area contributed by atoms with Gasteiger partial charge in [0.15, 0.2) is 5.54 Å². The van der Waals surface area contributed by atoms with Crippen LogP contribution in [-0.4, -0.2) is 53.5 Å². The Morgan fingerprint density at radius 3 is 2.03 bits per heavy atom. The Balaban J connectivity index is 1.74. The largest absolute Gasteiger partial charge is 0.357 e. The third kappa shape index (κ3) is 4.76. The van der Waals surface area contributed by atoms with Gasteiger partial charge in [-0.05, 0) is 48.6 Å². The first kappa shape index (κ1) is 22.5. The highest BCUT2D eigenvalue weighted by Gasteiger charge is 2.47. The molecule has 0 aromatic heterocycles. The fourth-order valence-electron chi connectivity index (χ4n) is 3.33. The van der Waals surface area contributed by atoms with Crippen molar-refractivity contribution in [1.82, 2.24) is 21.0 Å². The van der Waals surface area contributed by atoms with E-state index in [1.54, 1.807) is 12.1 Å². The summed E-state index contributed by atoms with van der Waals surface area (Å²) in [5, 5.41) is 14.9. The number of nitrogens with one attached hydrogen (secondary N) is 3. The minimum atomic E-state index is -1.91. The van der Waals surface area contributed by atoms with Gasteiger partial charge in [0.2, 0.25) is 0 Å². The number of carbonyl (C=O) groups is 3. The number of hydrogen-bond donors (Lipinski definition) is 4. The Kier molecular flexibility index (Phi) is 6.72. The number of rotatable bonds is 8. The molecule has 1 aliphatic rings. The molecule has 2 aromatic carbocycles. The minimum Gasteiger partial charge on any atom is -0.357 e. The van der Waals surface area contributed by atoms with Gasteiger partial charge in [-0.25, -0.2) is 5.48 Å². The number of likely N-dealkylation sites (N-methyl/N-ethyl adjacent to an activating group) is 2. The van der Waals surface area contributed by atoms with Crippen LogP contribution < -0.4 is 16.1 Å². The van der Waals surface area contributed by atoms with E-state index in [0.29, 0.717) is 11.6 Å². The molecular weight excluding hydrogens is 396 g/mol. The first-order chi connectivity index (χ1) is 14.8. The van der Waals surface area contributed by atoms with Crippen molar-refractivity contribution in [1.29, 1.82) is 0 Å². The summed E-state index contributed by atoms with van der Waals surface area (Å²) >= 11 is 0. The van der Waals surface area contributed by atoms with Crippen LogP contribution in [0.15, 0.2) is 48.5 Å². The van der Waals surface area contributed by atoms with Crippen LogP contribution in [0.2, 0.25) is 0 Å². The molecule has 0 aliphatic heterocycles. The third-order valence-corrected chi connectivity index (χ3v) is 5.78. The predicted molar refractivity (Wildman–Crippen MR) is 116 cm³/mol. The zero-order chi connectivity index (χ0) is 22.6. The Labute approximate surface area is 181 Å². The second-order valence-corrected chi connectivity index (χ2v) is 7.89. The van der Waals surface area contributed by atoms with Crippen LogP contribution in [0.4, 0.5) is 0 Å². The molecule has 1 fully saturated rings. The average Bonchev–Trinajstić information content (AvgIpc) is 3.65. The Bertz CT molecular complexity index is 937. The Hall–Kier alpha value is -3.23. The average molecular weight is 425 g/mol. The maximum atomic E-state index is 12.9. The van der Waals surface area contributed by atoms with Gasteiger partial charge >= 0.3 is 0 Å². The standard InChI is InChI=1S/C23H28N4O4/c1-23(21(29)24-2,22(30)26-31)27(3)20(28)18-10-8-17(9-11-18)16-6-4-15(5-7-16)14-25-19-12-13-19/h4-11,19,25,31H,12-14H2,1-3H3,(H,24,29)(H,26,30). The molecule has 31 heavy (non-hydrogen) atoms. The topological polar surface area (TPSA) is 111 Å². The van der Waals surface area contributed by atoms with Crippen LogP contribution in [0, 0.1) is 0 Å². The van der Waals surface area contributed by atoms with Crippen molar-refractivity contribution in [3.05, 3.63) is 59.7 Å². The highest BCUT2D eigenvalue weighted by atomic mass is 16.5. The first-order valence-electron chi connectivity index (χ1n) is 10.2. The van der Waals surface area contributed by atoms with Gasteiger partial charge in [-0.2, -0.15) is 0 Å². The normalized spacial score (nSPS) is 15.0. The van der Waals surface area contributed by atoms with E-state index in [-0.39, 0.29) is 0 Å². The fraction of sp³-hybridized carbons (Fsp3) is 0.348. The Morgan fingerprint density at radius 2 is 1.55 bits per heavy atom. The maximum absolute atomic E-state index is 12.9. The van der Waals surface area contributed by atoms with E-state index in [0.717, 1.165) is 22.6 Å². The zero-order valence-electron chi connectivity index (χ0n) is 17.9. The lowest BCUT2D eigenvalue weighted by Gasteiger charge is -2.34.